The Morgan fingerprint density at radius 3 is 2.60 bits per heavy atom. The molecule has 1 atom stereocenters. The molecule has 1 aliphatic heterocycles. The van der Waals surface area contributed by atoms with E-state index in [2.05, 4.69) is 20.8 Å². The van der Waals surface area contributed by atoms with Gasteiger partial charge in [0.1, 0.15) is 0 Å². The van der Waals surface area contributed by atoms with Crippen LogP contribution in [0.4, 0.5) is 18.9 Å². The maximum Gasteiger partial charge on any atom is 0.416 e. The van der Waals surface area contributed by atoms with Gasteiger partial charge in [0.05, 0.1) is 11.3 Å². The van der Waals surface area contributed by atoms with Crippen molar-refractivity contribution in [2.45, 2.75) is 37.9 Å². The molecule has 0 saturated carbocycles. The molecule has 20 heavy (non-hydrogen) atoms. The zero-order chi connectivity index (χ0) is 14.8. The summed E-state index contributed by atoms with van der Waals surface area (Å²) in [7, 11) is 0. The highest BCUT2D eigenvalue weighted by Gasteiger charge is 2.31. The van der Waals surface area contributed by atoms with Gasteiger partial charge in [-0.25, -0.2) is 0 Å². The van der Waals surface area contributed by atoms with Crippen LogP contribution in [0.15, 0.2) is 22.7 Å². The van der Waals surface area contributed by atoms with E-state index in [9.17, 15) is 13.2 Å². The van der Waals surface area contributed by atoms with Crippen LogP contribution in [-0.2, 0) is 6.18 Å². The van der Waals surface area contributed by atoms with Gasteiger partial charge in [0.25, 0.3) is 0 Å². The van der Waals surface area contributed by atoms with Crippen LogP contribution in [-0.4, -0.2) is 19.1 Å². The van der Waals surface area contributed by atoms with Crippen molar-refractivity contribution in [3.8, 4) is 0 Å². The third kappa shape index (κ3) is 3.47. The van der Waals surface area contributed by atoms with Crippen molar-refractivity contribution in [1.29, 1.82) is 0 Å². The van der Waals surface area contributed by atoms with Crippen molar-refractivity contribution in [2.24, 2.45) is 5.73 Å². The van der Waals surface area contributed by atoms with E-state index in [1.165, 1.54) is 0 Å². The van der Waals surface area contributed by atoms with Gasteiger partial charge in [0.2, 0.25) is 0 Å². The number of halogens is 4. The highest BCUT2D eigenvalue weighted by molar-refractivity contribution is 9.10. The van der Waals surface area contributed by atoms with Crippen molar-refractivity contribution in [3.63, 3.8) is 0 Å². The maximum atomic E-state index is 12.7. The number of nitrogens with two attached hydrogens (primary N) is 1. The summed E-state index contributed by atoms with van der Waals surface area (Å²) in [6.07, 6.45) is -0.0110. The normalized spacial score (nSPS) is 20.9. The number of hydrogen-bond donors (Lipinski definition) is 1. The zero-order valence-corrected chi connectivity index (χ0v) is 12.7. The molecule has 0 radical (unpaired) electrons. The lowest BCUT2D eigenvalue weighted by molar-refractivity contribution is -0.137. The summed E-state index contributed by atoms with van der Waals surface area (Å²) in [4.78, 5) is 2.14. The van der Waals surface area contributed by atoms with Crippen molar-refractivity contribution in [1.82, 2.24) is 0 Å². The van der Waals surface area contributed by atoms with E-state index >= 15 is 0 Å². The van der Waals surface area contributed by atoms with Crippen molar-refractivity contribution in [3.05, 3.63) is 28.2 Å². The second-order valence-electron chi connectivity index (χ2n) is 5.10. The molecule has 1 unspecified atom stereocenters. The minimum atomic E-state index is -4.31. The molecule has 2 N–H and O–H groups in total. The predicted molar refractivity (Wildman–Crippen MR) is 77.8 cm³/mol. The minimum Gasteiger partial charge on any atom is -0.366 e. The largest absolute Gasteiger partial charge is 0.416 e. The van der Waals surface area contributed by atoms with E-state index < -0.39 is 11.7 Å². The Kier molecular flexibility index (Phi) is 4.96. The average Bonchev–Trinajstić information content (AvgIpc) is 2.62. The summed E-state index contributed by atoms with van der Waals surface area (Å²) in [5.41, 5.74) is 5.98. The van der Waals surface area contributed by atoms with Crippen molar-refractivity contribution >= 4 is 21.6 Å². The van der Waals surface area contributed by atoms with Crippen molar-refractivity contribution in [2.75, 3.05) is 18.0 Å². The number of alkyl halides is 3. The number of rotatable bonds is 2. The Balaban J connectivity index is 2.31. The molecule has 0 aliphatic carbocycles. The van der Waals surface area contributed by atoms with Gasteiger partial charge in [-0.05, 0) is 47.0 Å². The fourth-order valence-electron chi connectivity index (χ4n) is 2.66. The summed E-state index contributed by atoms with van der Waals surface area (Å²) in [6.45, 7) is 1.36. The van der Waals surface area contributed by atoms with Crippen LogP contribution in [0.1, 0.15) is 31.2 Å². The SMILES string of the molecule is NCC1CCCCCN1c1ccc(C(F)(F)F)cc1Br. The quantitative estimate of drug-likeness (QED) is 0.866. The molecule has 1 heterocycles. The summed E-state index contributed by atoms with van der Waals surface area (Å²) in [5.74, 6) is 0. The molecule has 1 saturated heterocycles. The fourth-order valence-corrected chi connectivity index (χ4v) is 3.26. The third-order valence-electron chi connectivity index (χ3n) is 3.73. The Hall–Kier alpha value is -0.750. The number of benzene rings is 1. The van der Waals surface area contributed by atoms with E-state index in [1.54, 1.807) is 6.07 Å². The molecule has 1 fully saturated rings. The lowest BCUT2D eigenvalue weighted by Crippen LogP contribution is -2.40. The first-order valence-electron chi connectivity index (χ1n) is 6.77. The molecule has 0 bridgehead atoms. The molecule has 1 aliphatic rings. The van der Waals surface area contributed by atoms with E-state index in [0.717, 1.165) is 50.0 Å². The Bertz CT molecular complexity index is 462. The molecular formula is C14H18BrF3N2. The first kappa shape index (κ1) is 15.6. The van der Waals surface area contributed by atoms with Gasteiger partial charge in [0, 0.05) is 23.6 Å². The second-order valence-corrected chi connectivity index (χ2v) is 5.95. The van der Waals surface area contributed by atoms with Crippen LogP contribution >= 0.6 is 15.9 Å². The van der Waals surface area contributed by atoms with Gasteiger partial charge in [-0.15, -0.1) is 0 Å². The van der Waals surface area contributed by atoms with Crippen LogP contribution < -0.4 is 10.6 Å². The molecule has 0 spiro atoms. The van der Waals surface area contributed by atoms with E-state index in [4.69, 9.17) is 5.73 Å². The molecule has 1 aromatic rings. The van der Waals surface area contributed by atoms with Crippen LogP contribution in [0.25, 0.3) is 0 Å². The molecule has 6 heteroatoms. The molecule has 0 aromatic heterocycles. The van der Waals surface area contributed by atoms with Gasteiger partial charge < -0.3 is 10.6 Å². The molecule has 2 nitrogen and oxygen atoms in total. The van der Waals surface area contributed by atoms with Crippen LogP contribution in [0.5, 0.6) is 0 Å². The minimum absolute atomic E-state index is 0.200. The summed E-state index contributed by atoms with van der Waals surface area (Å²) in [6, 6.07) is 4.03. The van der Waals surface area contributed by atoms with Gasteiger partial charge in [-0.2, -0.15) is 13.2 Å². The van der Waals surface area contributed by atoms with Gasteiger partial charge in [-0.1, -0.05) is 12.8 Å². The average molecular weight is 351 g/mol. The van der Waals surface area contributed by atoms with Crippen molar-refractivity contribution < 1.29 is 13.2 Å². The monoisotopic (exact) mass is 350 g/mol. The van der Waals surface area contributed by atoms with Gasteiger partial charge in [0.15, 0.2) is 0 Å². The highest BCUT2D eigenvalue weighted by Crippen LogP contribution is 2.36. The Morgan fingerprint density at radius 1 is 1.25 bits per heavy atom. The number of anilines is 1. The predicted octanol–water partition coefficient (Wildman–Crippen LogP) is 4.18. The fraction of sp³-hybridized carbons (Fsp3) is 0.571. The second kappa shape index (κ2) is 6.35. The van der Waals surface area contributed by atoms with Crippen LogP contribution in [0.2, 0.25) is 0 Å². The summed E-state index contributed by atoms with van der Waals surface area (Å²) >= 11 is 3.27. The van der Waals surface area contributed by atoms with Crippen LogP contribution in [0.3, 0.4) is 0 Å². The maximum absolute atomic E-state index is 12.7. The van der Waals surface area contributed by atoms with E-state index in [1.807, 2.05) is 0 Å². The highest BCUT2D eigenvalue weighted by atomic mass is 79.9. The van der Waals surface area contributed by atoms with Gasteiger partial charge >= 0.3 is 6.18 Å². The molecule has 1 aromatic carbocycles. The van der Waals surface area contributed by atoms with E-state index in [0.29, 0.717) is 11.0 Å². The first-order valence-corrected chi connectivity index (χ1v) is 7.56. The standard InChI is InChI=1S/C14H18BrF3N2/c15-12-8-10(14(16,17)18)5-6-13(12)20-7-3-1-2-4-11(20)9-19/h5-6,8,11H,1-4,7,9,19H2. The first-order chi connectivity index (χ1) is 9.43. The summed E-state index contributed by atoms with van der Waals surface area (Å²) < 4.78 is 38.6. The van der Waals surface area contributed by atoms with Crippen LogP contribution in [0, 0.1) is 0 Å². The van der Waals surface area contributed by atoms with Gasteiger partial charge in [-0.3, -0.25) is 0 Å². The number of hydrogen-bond acceptors (Lipinski definition) is 2. The molecule has 2 rings (SSSR count). The molecule has 0 amide bonds. The molecule has 112 valence electrons. The number of nitrogens with zero attached hydrogens (tertiary/aromatic N) is 1. The summed E-state index contributed by atoms with van der Waals surface area (Å²) in [5, 5.41) is 0. The lowest BCUT2D eigenvalue weighted by atomic mass is 10.1. The third-order valence-corrected chi connectivity index (χ3v) is 4.37. The zero-order valence-electron chi connectivity index (χ0n) is 11.1. The Morgan fingerprint density at radius 2 is 2.00 bits per heavy atom. The topological polar surface area (TPSA) is 29.3 Å². The Labute approximate surface area is 125 Å². The van der Waals surface area contributed by atoms with E-state index in [-0.39, 0.29) is 6.04 Å². The smallest absolute Gasteiger partial charge is 0.366 e. The lowest BCUT2D eigenvalue weighted by Gasteiger charge is -2.32. The molecular weight excluding hydrogens is 333 g/mol.